The summed E-state index contributed by atoms with van der Waals surface area (Å²) < 4.78 is 6.01. The van der Waals surface area contributed by atoms with E-state index in [1.54, 1.807) is 0 Å². The Kier molecular flexibility index (Phi) is 3.66. The molecule has 28 heavy (non-hydrogen) atoms. The van der Waals surface area contributed by atoms with Crippen molar-refractivity contribution >= 4 is 23.8 Å². The van der Waals surface area contributed by atoms with E-state index in [4.69, 9.17) is 9.84 Å². The third-order valence-corrected chi connectivity index (χ3v) is 6.79. The summed E-state index contributed by atoms with van der Waals surface area (Å²) in [5.41, 5.74) is 0.0247. The number of ether oxygens (including phenoxy) is 1. The Hall–Kier alpha value is -2.70. The minimum absolute atomic E-state index is 0.0613. The number of fused-ring (bicyclic) bond motifs is 1. The van der Waals surface area contributed by atoms with E-state index in [2.05, 4.69) is 0 Å². The molecule has 1 N–H and O–H groups in total. The van der Waals surface area contributed by atoms with Crippen LogP contribution >= 0.6 is 0 Å². The third-order valence-electron chi connectivity index (χ3n) is 6.79. The summed E-state index contributed by atoms with van der Waals surface area (Å²) in [6.45, 7) is -0.695. The SMILES string of the molecule is O=C(O)CN1C(=O)c2ccc(C(=O)OC34CC5CC(CC(C5)C3)C4)cc2C1=O. The van der Waals surface area contributed by atoms with Gasteiger partial charge in [-0.05, 0) is 74.5 Å². The first-order valence-corrected chi connectivity index (χ1v) is 9.79. The van der Waals surface area contributed by atoms with Gasteiger partial charge in [0.25, 0.3) is 11.8 Å². The van der Waals surface area contributed by atoms with Gasteiger partial charge in [-0.25, -0.2) is 4.79 Å². The van der Waals surface area contributed by atoms with Gasteiger partial charge < -0.3 is 9.84 Å². The number of aliphatic carboxylic acids is 1. The number of carbonyl (C=O) groups excluding carboxylic acids is 3. The number of nitrogens with zero attached hydrogens (tertiary/aromatic N) is 1. The number of imide groups is 1. The number of carboxylic acid groups (broad SMARTS) is 1. The van der Waals surface area contributed by atoms with Gasteiger partial charge in [-0.3, -0.25) is 19.3 Å². The summed E-state index contributed by atoms with van der Waals surface area (Å²) in [5.74, 6) is -1.15. The molecule has 4 aliphatic carbocycles. The van der Waals surface area contributed by atoms with Crippen LogP contribution in [0, 0.1) is 17.8 Å². The smallest absolute Gasteiger partial charge is 0.338 e. The number of hydrogen-bond acceptors (Lipinski definition) is 5. The monoisotopic (exact) mass is 383 g/mol. The van der Waals surface area contributed by atoms with E-state index in [1.165, 1.54) is 37.5 Å². The quantitative estimate of drug-likeness (QED) is 0.633. The van der Waals surface area contributed by atoms with Crippen LogP contribution in [0.15, 0.2) is 18.2 Å². The normalized spacial score (nSPS) is 32.6. The molecule has 1 aromatic carbocycles. The van der Waals surface area contributed by atoms with Crippen LogP contribution in [0.1, 0.15) is 69.6 Å². The van der Waals surface area contributed by atoms with E-state index < -0.39 is 30.3 Å². The molecule has 1 aromatic rings. The number of esters is 1. The zero-order valence-corrected chi connectivity index (χ0v) is 15.3. The standard InChI is InChI=1S/C21H21NO6/c23-17(24)10-22-18(25)15-2-1-14(6-16(15)19(22)26)20(27)28-21-7-11-3-12(8-21)5-13(4-11)9-21/h1-2,6,11-13H,3-5,7-10H2,(H,23,24). The van der Waals surface area contributed by atoms with Crippen LogP contribution in [0.4, 0.5) is 0 Å². The van der Waals surface area contributed by atoms with Crippen LogP contribution in [0.2, 0.25) is 0 Å². The van der Waals surface area contributed by atoms with Gasteiger partial charge >= 0.3 is 11.9 Å². The van der Waals surface area contributed by atoms with Crippen LogP contribution in [-0.2, 0) is 9.53 Å². The Morgan fingerprint density at radius 3 is 2.14 bits per heavy atom. The average Bonchev–Trinajstić information content (AvgIpc) is 2.84. The largest absolute Gasteiger partial charge is 0.480 e. The first-order chi connectivity index (χ1) is 13.3. The Bertz CT molecular complexity index is 884. The number of rotatable bonds is 4. The van der Waals surface area contributed by atoms with E-state index in [0.717, 1.165) is 19.3 Å². The van der Waals surface area contributed by atoms with Crippen molar-refractivity contribution in [1.82, 2.24) is 4.90 Å². The predicted molar refractivity (Wildman–Crippen MR) is 95.8 cm³/mol. The molecule has 0 spiro atoms. The highest BCUT2D eigenvalue weighted by molar-refractivity contribution is 6.22. The minimum atomic E-state index is -1.27. The highest BCUT2D eigenvalue weighted by Gasteiger charge is 2.53. The molecule has 6 rings (SSSR count). The van der Waals surface area contributed by atoms with Crippen LogP contribution in [0.3, 0.4) is 0 Å². The molecule has 0 aromatic heterocycles. The van der Waals surface area contributed by atoms with Crippen molar-refractivity contribution in [2.24, 2.45) is 17.8 Å². The lowest BCUT2D eigenvalue weighted by Crippen LogP contribution is -2.52. The highest BCUT2D eigenvalue weighted by Crippen LogP contribution is 2.57. The van der Waals surface area contributed by atoms with Gasteiger partial charge in [0.2, 0.25) is 0 Å². The van der Waals surface area contributed by atoms with Gasteiger partial charge in [-0.1, -0.05) is 0 Å². The summed E-state index contributed by atoms with van der Waals surface area (Å²) >= 11 is 0. The Balaban J connectivity index is 1.38. The van der Waals surface area contributed by atoms with E-state index in [1.807, 2.05) is 0 Å². The molecule has 2 amide bonds. The third kappa shape index (κ3) is 2.64. The van der Waals surface area contributed by atoms with Crippen molar-refractivity contribution in [3.8, 4) is 0 Å². The van der Waals surface area contributed by atoms with Gasteiger partial charge in [0.1, 0.15) is 12.1 Å². The Morgan fingerprint density at radius 2 is 1.57 bits per heavy atom. The van der Waals surface area contributed by atoms with Crippen molar-refractivity contribution in [3.63, 3.8) is 0 Å². The number of amides is 2. The van der Waals surface area contributed by atoms with Crippen molar-refractivity contribution in [1.29, 1.82) is 0 Å². The molecule has 146 valence electrons. The fourth-order valence-corrected chi connectivity index (χ4v) is 6.11. The molecule has 0 radical (unpaired) electrons. The highest BCUT2D eigenvalue weighted by atomic mass is 16.6. The van der Waals surface area contributed by atoms with Crippen LogP contribution < -0.4 is 0 Å². The second-order valence-corrected chi connectivity index (χ2v) is 8.84. The molecular formula is C21H21NO6. The number of carbonyl (C=O) groups is 4. The van der Waals surface area contributed by atoms with Crippen molar-refractivity contribution in [3.05, 3.63) is 34.9 Å². The molecule has 5 aliphatic rings. The second kappa shape index (κ2) is 5.90. The summed E-state index contributed by atoms with van der Waals surface area (Å²) in [6, 6.07) is 4.26. The topological polar surface area (TPSA) is 101 Å². The maximum Gasteiger partial charge on any atom is 0.338 e. The first-order valence-electron chi connectivity index (χ1n) is 9.79. The predicted octanol–water partition coefficient (Wildman–Crippen LogP) is 2.49. The lowest BCUT2D eigenvalue weighted by molar-refractivity contribution is -0.137. The molecule has 7 nitrogen and oxygen atoms in total. The Morgan fingerprint density at radius 1 is 1.00 bits per heavy atom. The summed E-state index contributed by atoms with van der Waals surface area (Å²) in [4.78, 5) is 49.1. The zero-order chi connectivity index (χ0) is 19.6. The Labute approximate surface area is 161 Å². The molecule has 1 aliphatic heterocycles. The summed E-state index contributed by atoms with van der Waals surface area (Å²) in [6.07, 6.45) is 6.47. The average molecular weight is 383 g/mol. The maximum absolute atomic E-state index is 12.9. The van der Waals surface area contributed by atoms with Gasteiger partial charge in [-0.15, -0.1) is 0 Å². The van der Waals surface area contributed by atoms with E-state index in [9.17, 15) is 19.2 Å². The second-order valence-electron chi connectivity index (χ2n) is 8.84. The van der Waals surface area contributed by atoms with Crippen molar-refractivity contribution in [2.45, 2.75) is 44.1 Å². The maximum atomic E-state index is 12.9. The molecule has 4 bridgehead atoms. The van der Waals surface area contributed by atoms with Crippen LogP contribution in [0.5, 0.6) is 0 Å². The molecule has 0 unspecified atom stereocenters. The van der Waals surface area contributed by atoms with Gasteiger partial charge in [-0.2, -0.15) is 0 Å². The van der Waals surface area contributed by atoms with Crippen molar-refractivity contribution < 1.29 is 29.0 Å². The number of hydrogen-bond donors (Lipinski definition) is 1. The molecule has 4 saturated carbocycles. The summed E-state index contributed by atoms with van der Waals surface area (Å²) in [5, 5.41) is 8.90. The lowest BCUT2D eigenvalue weighted by atomic mass is 9.54. The zero-order valence-electron chi connectivity index (χ0n) is 15.3. The molecule has 4 fully saturated rings. The molecule has 0 saturated heterocycles. The summed E-state index contributed by atoms with van der Waals surface area (Å²) in [7, 11) is 0. The molecule has 7 heteroatoms. The van der Waals surface area contributed by atoms with Crippen LogP contribution in [0.25, 0.3) is 0 Å². The van der Waals surface area contributed by atoms with Crippen molar-refractivity contribution in [2.75, 3.05) is 6.54 Å². The number of benzene rings is 1. The lowest BCUT2D eigenvalue weighted by Gasteiger charge is -2.55. The van der Waals surface area contributed by atoms with Gasteiger partial charge in [0.15, 0.2) is 0 Å². The van der Waals surface area contributed by atoms with E-state index >= 15 is 0 Å². The fraction of sp³-hybridized carbons (Fsp3) is 0.524. The van der Waals surface area contributed by atoms with Gasteiger partial charge in [0, 0.05) is 0 Å². The van der Waals surface area contributed by atoms with E-state index in [0.29, 0.717) is 22.7 Å². The van der Waals surface area contributed by atoms with Crippen LogP contribution in [-0.4, -0.2) is 45.9 Å². The van der Waals surface area contributed by atoms with E-state index in [-0.39, 0.29) is 22.3 Å². The first kappa shape index (κ1) is 17.4. The minimum Gasteiger partial charge on any atom is -0.480 e. The fourth-order valence-electron chi connectivity index (χ4n) is 6.11. The number of carboxylic acids is 1. The molecular weight excluding hydrogens is 362 g/mol. The molecule has 1 heterocycles. The van der Waals surface area contributed by atoms with Gasteiger partial charge in [0.05, 0.1) is 16.7 Å². The molecule has 0 atom stereocenters.